The molecule has 90 valence electrons. The summed E-state index contributed by atoms with van der Waals surface area (Å²) in [6.45, 7) is 5.74. The Kier molecular flexibility index (Phi) is 4.16. The molecule has 2 rings (SSSR count). The van der Waals surface area contributed by atoms with Crippen molar-refractivity contribution in [2.45, 2.75) is 6.42 Å². The highest BCUT2D eigenvalue weighted by molar-refractivity contribution is 5.87. The van der Waals surface area contributed by atoms with Crippen LogP contribution in [0.5, 0.6) is 0 Å². The van der Waals surface area contributed by atoms with Gasteiger partial charge in [-0.3, -0.25) is 0 Å². The molecule has 2 aromatic rings. The van der Waals surface area contributed by atoms with Crippen molar-refractivity contribution in [3.8, 4) is 0 Å². The van der Waals surface area contributed by atoms with E-state index in [1.54, 1.807) is 12.5 Å². The van der Waals surface area contributed by atoms with Gasteiger partial charge >= 0.3 is 0 Å². The monoisotopic (exact) mass is 232 g/mol. The van der Waals surface area contributed by atoms with Gasteiger partial charge in [-0.15, -0.1) is 6.58 Å². The van der Waals surface area contributed by atoms with Gasteiger partial charge in [0, 0.05) is 12.7 Å². The summed E-state index contributed by atoms with van der Waals surface area (Å²) in [7, 11) is 0. The molecule has 4 heteroatoms. The van der Waals surface area contributed by atoms with E-state index in [4.69, 9.17) is 9.15 Å². The lowest BCUT2D eigenvalue weighted by atomic mass is 10.3. The van der Waals surface area contributed by atoms with Crippen molar-refractivity contribution >= 4 is 16.8 Å². The fourth-order valence-electron chi connectivity index (χ4n) is 1.55. The van der Waals surface area contributed by atoms with Crippen molar-refractivity contribution in [2.75, 3.05) is 25.1 Å². The van der Waals surface area contributed by atoms with Gasteiger partial charge in [0.25, 0.3) is 0 Å². The minimum absolute atomic E-state index is 0.657. The first-order chi connectivity index (χ1) is 8.42. The Morgan fingerprint density at radius 1 is 1.41 bits per heavy atom. The minimum Gasteiger partial charge on any atom is -0.464 e. The lowest BCUT2D eigenvalue weighted by Gasteiger charge is -2.06. The summed E-state index contributed by atoms with van der Waals surface area (Å²) in [5.41, 5.74) is 0.843. The summed E-state index contributed by atoms with van der Waals surface area (Å²) in [6.07, 6.45) is 6.13. The molecule has 2 aromatic heterocycles. The first-order valence-electron chi connectivity index (χ1n) is 5.66. The van der Waals surface area contributed by atoms with E-state index in [1.807, 2.05) is 18.2 Å². The Balaban J connectivity index is 1.82. The minimum atomic E-state index is 0.657. The SMILES string of the molecule is C=CCCOCCNc1nccc2occc12. The van der Waals surface area contributed by atoms with Crippen LogP contribution in [0.1, 0.15) is 6.42 Å². The van der Waals surface area contributed by atoms with Crippen molar-refractivity contribution in [1.82, 2.24) is 4.98 Å². The van der Waals surface area contributed by atoms with E-state index in [-0.39, 0.29) is 0 Å². The largest absolute Gasteiger partial charge is 0.464 e. The standard InChI is InChI=1S/C13H16N2O2/c1-2-3-8-16-10-7-15-13-11-5-9-17-12(11)4-6-14-13/h2,4-6,9H,1,3,7-8,10H2,(H,14,15). The third-order valence-corrected chi connectivity index (χ3v) is 2.38. The predicted octanol–water partition coefficient (Wildman–Crippen LogP) is 2.83. The summed E-state index contributed by atoms with van der Waals surface area (Å²) < 4.78 is 10.7. The molecule has 17 heavy (non-hydrogen) atoms. The van der Waals surface area contributed by atoms with E-state index in [0.29, 0.717) is 13.2 Å². The molecule has 2 heterocycles. The number of hydrogen-bond acceptors (Lipinski definition) is 4. The van der Waals surface area contributed by atoms with E-state index in [1.165, 1.54) is 0 Å². The second-order valence-electron chi connectivity index (χ2n) is 3.61. The third kappa shape index (κ3) is 3.07. The lowest BCUT2D eigenvalue weighted by molar-refractivity contribution is 0.149. The number of nitrogens with zero attached hydrogens (tertiary/aromatic N) is 1. The molecule has 4 nitrogen and oxygen atoms in total. The highest BCUT2D eigenvalue weighted by atomic mass is 16.5. The number of ether oxygens (including phenoxy) is 1. The molecule has 0 saturated carbocycles. The molecular formula is C13H16N2O2. The maximum atomic E-state index is 5.40. The van der Waals surface area contributed by atoms with Gasteiger partial charge in [0.15, 0.2) is 0 Å². The van der Waals surface area contributed by atoms with Crippen molar-refractivity contribution in [2.24, 2.45) is 0 Å². The summed E-state index contributed by atoms with van der Waals surface area (Å²) in [6, 6.07) is 3.75. The lowest BCUT2D eigenvalue weighted by Crippen LogP contribution is -2.10. The molecule has 0 atom stereocenters. The van der Waals surface area contributed by atoms with Crippen LogP contribution in [0.3, 0.4) is 0 Å². The van der Waals surface area contributed by atoms with Crippen molar-refractivity contribution in [1.29, 1.82) is 0 Å². The summed E-state index contributed by atoms with van der Waals surface area (Å²) in [4.78, 5) is 4.27. The molecule has 0 aliphatic carbocycles. The molecule has 0 spiro atoms. The van der Waals surface area contributed by atoms with E-state index in [9.17, 15) is 0 Å². The summed E-state index contributed by atoms with van der Waals surface area (Å²) in [5, 5.41) is 4.23. The topological polar surface area (TPSA) is 47.3 Å². The molecule has 0 radical (unpaired) electrons. The van der Waals surface area contributed by atoms with Crippen LogP contribution in [-0.4, -0.2) is 24.7 Å². The normalized spacial score (nSPS) is 10.6. The van der Waals surface area contributed by atoms with Crippen LogP contribution in [0, 0.1) is 0 Å². The number of aromatic nitrogens is 1. The second kappa shape index (κ2) is 6.06. The summed E-state index contributed by atoms with van der Waals surface area (Å²) in [5.74, 6) is 0.837. The van der Waals surface area contributed by atoms with Gasteiger partial charge in [0.2, 0.25) is 0 Å². The molecule has 1 N–H and O–H groups in total. The zero-order valence-electron chi connectivity index (χ0n) is 9.69. The Hall–Kier alpha value is -1.81. The van der Waals surface area contributed by atoms with Crippen molar-refractivity contribution in [3.63, 3.8) is 0 Å². The van der Waals surface area contributed by atoms with Gasteiger partial charge in [0.05, 0.1) is 24.9 Å². The van der Waals surface area contributed by atoms with Gasteiger partial charge < -0.3 is 14.5 Å². The number of rotatable bonds is 7. The number of hydrogen-bond donors (Lipinski definition) is 1. The van der Waals surface area contributed by atoms with Crippen LogP contribution in [0.2, 0.25) is 0 Å². The van der Waals surface area contributed by atoms with E-state index in [0.717, 1.165) is 29.8 Å². The average molecular weight is 232 g/mol. The third-order valence-electron chi connectivity index (χ3n) is 2.38. The molecule has 0 bridgehead atoms. The highest BCUT2D eigenvalue weighted by Crippen LogP contribution is 2.21. The Bertz CT molecular complexity index is 479. The molecule has 0 aliphatic rings. The molecule has 0 unspecified atom stereocenters. The molecule has 0 aromatic carbocycles. The Morgan fingerprint density at radius 3 is 3.24 bits per heavy atom. The summed E-state index contributed by atoms with van der Waals surface area (Å²) >= 11 is 0. The number of furan rings is 1. The number of nitrogens with one attached hydrogen (secondary N) is 1. The average Bonchev–Trinajstić information content (AvgIpc) is 2.82. The molecule has 0 saturated heterocycles. The smallest absolute Gasteiger partial charge is 0.139 e. The van der Waals surface area contributed by atoms with Gasteiger partial charge in [-0.1, -0.05) is 6.08 Å². The molecule has 0 aliphatic heterocycles. The van der Waals surface area contributed by atoms with Gasteiger partial charge in [-0.2, -0.15) is 0 Å². The maximum Gasteiger partial charge on any atom is 0.139 e. The molecule has 0 fully saturated rings. The van der Waals surface area contributed by atoms with Crippen molar-refractivity contribution in [3.05, 3.63) is 37.2 Å². The van der Waals surface area contributed by atoms with Crippen molar-refractivity contribution < 1.29 is 9.15 Å². The highest BCUT2D eigenvalue weighted by Gasteiger charge is 2.03. The fraction of sp³-hybridized carbons (Fsp3) is 0.308. The zero-order valence-corrected chi connectivity index (χ0v) is 9.69. The first kappa shape index (κ1) is 11.7. The quantitative estimate of drug-likeness (QED) is 0.589. The van der Waals surface area contributed by atoms with Crippen LogP contribution < -0.4 is 5.32 Å². The van der Waals surface area contributed by atoms with Crippen LogP contribution in [0.4, 0.5) is 5.82 Å². The zero-order chi connectivity index (χ0) is 11.9. The van der Waals surface area contributed by atoms with E-state index in [2.05, 4.69) is 16.9 Å². The fourth-order valence-corrected chi connectivity index (χ4v) is 1.55. The molecular weight excluding hydrogens is 216 g/mol. The van der Waals surface area contributed by atoms with Crippen LogP contribution in [-0.2, 0) is 4.74 Å². The predicted molar refractivity (Wildman–Crippen MR) is 68.1 cm³/mol. The van der Waals surface area contributed by atoms with Crippen LogP contribution >= 0.6 is 0 Å². The van der Waals surface area contributed by atoms with Crippen LogP contribution in [0.15, 0.2) is 41.7 Å². The van der Waals surface area contributed by atoms with E-state index >= 15 is 0 Å². The number of pyridine rings is 1. The Morgan fingerprint density at radius 2 is 2.35 bits per heavy atom. The number of fused-ring (bicyclic) bond motifs is 1. The first-order valence-corrected chi connectivity index (χ1v) is 5.66. The molecule has 0 amide bonds. The Labute approximate surface area is 100 Å². The van der Waals surface area contributed by atoms with Crippen LogP contribution in [0.25, 0.3) is 11.0 Å². The van der Waals surface area contributed by atoms with Gasteiger partial charge in [-0.05, 0) is 18.6 Å². The maximum absolute atomic E-state index is 5.40. The second-order valence-corrected chi connectivity index (χ2v) is 3.61. The van der Waals surface area contributed by atoms with E-state index < -0.39 is 0 Å². The van der Waals surface area contributed by atoms with Gasteiger partial charge in [-0.25, -0.2) is 4.98 Å². The number of anilines is 1. The van der Waals surface area contributed by atoms with Gasteiger partial charge in [0.1, 0.15) is 11.4 Å².